The zero-order chi connectivity index (χ0) is 13.2. The maximum atomic E-state index is 12.7. The second-order valence-corrected chi connectivity index (χ2v) is 4.36. The Morgan fingerprint density at radius 1 is 1.44 bits per heavy atom. The van der Waals surface area contributed by atoms with Crippen LogP contribution in [-0.2, 0) is 0 Å². The average Bonchev–Trinajstić information content (AvgIpc) is 2.38. The number of halogens is 3. The van der Waals surface area contributed by atoms with Crippen LogP contribution in [0.15, 0.2) is 18.3 Å². The fourth-order valence-corrected chi connectivity index (χ4v) is 2.26. The Morgan fingerprint density at radius 3 is 2.89 bits per heavy atom. The third-order valence-electron chi connectivity index (χ3n) is 3.22. The van der Waals surface area contributed by atoms with Gasteiger partial charge in [-0.15, -0.1) is 0 Å². The van der Waals surface area contributed by atoms with Crippen LogP contribution in [0, 0.1) is 5.92 Å². The number of hydrogen-bond donors (Lipinski definition) is 1. The van der Waals surface area contributed by atoms with Gasteiger partial charge in [0.1, 0.15) is 5.75 Å². The van der Waals surface area contributed by atoms with Crippen molar-refractivity contribution in [2.45, 2.75) is 25.1 Å². The summed E-state index contributed by atoms with van der Waals surface area (Å²) >= 11 is 0. The number of hydrogen-bond acceptors (Lipinski definition) is 3. The Hall–Kier alpha value is -1.30. The van der Waals surface area contributed by atoms with Crippen molar-refractivity contribution in [3.05, 3.63) is 24.0 Å². The molecule has 100 valence electrons. The SMILES string of the molecule is COc1cccnc1C1CC(C(F)(F)F)CCN1. The van der Waals surface area contributed by atoms with E-state index < -0.39 is 18.1 Å². The van der Waals surface area contributed by atoms with Gasteiger partial charge < -0.3 is 10.1 Å². The van der Waals surface area contributed by atoms with E-state index in [9.17, 15) is 13.2 Å². The van der Waals surface area contributed by atoms with Crippen molar-refractivity contribution in [1.82, 2.24) is 10.3 Å². The first-order chi connectivity index (χ1) is 8.52. The van der Waals surface area contributed by atoms with Gasteiger partial charge in [0.05, 0.1) is 24.8 Å². The van der Waals surface area contributed by atoms with E-state index in [1.54, 1.807) is 18.3 Å². The van der Waals surface area contributed by atoms with Gasteiger partial charge in [-0.3, -0.25) is 4.98 Å². The second-order valence-electron chi connectivity index (χ2n) is 4.36. The van der Waals surface area contributed by atoms with Gasteiger partial charge in [-0.25, -0.2) is 0 Å². The molecule has 1 aliphatic heterocycles. The summed E-state index contributed by atoms with van der Waals surface area (Å²) in [6, 6.07) is 3.01. The van der Waals surface area contributed by atoms with E-state index >= 15 is 0 Å². The van der Waals surface area contributed by atoms with Gasteiger partial charge in [-0.2, -0.15) is 13.2 Å². The third kappa shape index (κ3) is 2.75. The molecule has 0 amide bonds. The van der Waals surface area contributed by atoms with Crippen LogP contribution in [0.2, 0.25) is 0 Å². The monoisotopic (exact) mass is 260 g/mol. The van der Waals surface area contributed by atoms with E-state index in [1.165, 1.54) is 7.11 Å². The molecule has 1 saturated heterocycles. The topological polar surface area (TPSA) is 34.1 Å². The van der Waals surface area contributed by atoms with Crippen molar-refractivity contribution in [2.24, 2.45) is 5.92 Å². The summed E-state index contributed by atoms with van der Waals surface area (Å²) in [6.07, 6.45) is -2.44. The van der Waals surface area contributed by atoms with Gasteiger partial charge in [0.15, 0.2) is 0 Å². The molecule has 1 aliphatic rings. The number of methoxy groups -OCH3 is 1. The smallest absolute Gasteiger partial charge is 0.391 e. The average molecular weight is 260 g/mol. The molecule has 0 aromatic carbocycles. The van der Waals surface area contributed by atoms with Crippen LogP contribution >= 0.6 is 0 Å². The maximum absolute atomic E-state index is 12.7. The van der Waals surface area contributed by atoms with Gasteiger partial charge in [0.2, 0.25) is 0 Å². The molecule has 3 nitrogen and oxygen atoms in total. The van der Waals surface area contributed by atoms with E-state index in [2.05, 4.69) is 10.3 Å². The normalized spacial score (nSPS) is 24.9. The van der Waals surface area contributed by atoms with Crippen LogP contribution in [0.5, 0.6) is 5.75 Å². The summed E-state index contributed by atoms with van der Waals surface area (Å²) in [7, 11) is 1.49. The van der Waals surface area contributed by atoms with E-state index in [0.717, 1.165) is 0 Å². The highest BCUT2D eigenvalue weighted by Gasteiger charge is 2.43. The summed E-state index contributed by atoms with van der Waals surface area (Å²) in [4.78, 5) is 4.13. The molecule has 2 heterocycles. The molecule has 1 N–H and O–H groups in total. The number of pyridine rings is 1. The number of aromatic nitrogens is 1. The van der Waals surface area contributed by atoms with Crippen LogP contribution in [-0.4, -0.2) is 24.8 Å². The third-order valence-corrected chi connectivity index (χ3v) is 3.22. The van der Waals surface area contributed by atoms with Gasteiger partial charge in [0, 0.05) is 6.20 Å². The summed E-state index contributed by atoms with van der Waals surface area (Å²) in [6.45, 7) is 0.342. The van der Waals surface area contributed by atoms with E-state index in [4.69, 9.17) is 4.74 Å². The molecule has 2 atom stereocenters. The quantitative estimate of drug-likeness (QED) is 0.887. The zero-order valence-electron chi connectivity index (χ0n) is 10.00. The lowest BCUT2D eigenvalue weighted by molar-refractivity contribution is -0.183. The van der Waals surface area contributed by atoms with Crippen LogP contribution in [0.1, 0.15) is 24.6 Å². The van der Waals surface area contributed by atoms with E-state index in [1.807, 2.05) is 0 Å². The van der Waals surface area contributed by atoms with Crippen LogP contribution < -0.4 is 10.1 Å². The lowest BCUT2D eigenvalue weighted by Gasteiger charge is -2.31. The first-order valence-electron chi connectivity index (χ1n) is 5.81. The molecular formula is C12H15F3N2O. The first-order valence-corrected chi connectivity index (χ1v) is 5.81. The van der Waals surface area contributed by atoms with Crippen LogP contribution in [0.3, 0.4) is 0 Å². The van der Waals surface area contributed by atoms with Crippen molar-refractivity contribution in [2.75, 3.05) is 13.7 Å². The lowest BCUT2D eigenvalue weighted by atomic mass is 9.90. The molecule has 2 rings (SSSR count). The van der Waals surface area contributed by atoms with Crippen LogP contribution in [0.25, 0.3) is 0 Å². The minimum atomic E-state index is -4.14. The molecule has 6 heteroatoms. The van der Waals surface area contributed by atoms with Gasteiger partial charge in [0.25, 0.3) is 0 Å². The minimum Gasteiger partial charge on any atom is -0.495 e. The zero-order valence-corrected chi connectivity index (χ0v) is 10.00. The molecule has 0 spiro atoms. The Balaban J connectivity index is 2.18. The van der Waals surface area contributed by atoms with E-state index in [0.29, 0.717) is 18.0 Å². The Labute approximate surface area is 103 Å². The van der Waals surface area contributed by atoms with Gasteiger partial charge in [-0.1, -0.05) is 0 Å². The van der Waals surface area contributed by atoms with E-state index in [-0.39, 0.29) is 12.8 Å². The minimum absolute atomic E-state index is 0.0108. The van der Waals surface area contributed by atoms with Gasteiger partial charge >= 0.3 is 6.18 Å². The number of ether oxygens (including phenoxy) is 1. The fourth-order valence-electron chi connectivity index (χ4n) is 2.26. The molecular weight excluding hydrogens is 245 g/mol. The van der Waals surface area contributed by atoms with Crippen LogP contribution in [0.4, 0.5) is 13.2 Å². The number of alkyl halides is 3. The summed E-state index contributed by atoms with van der Waals surface area (Å²) in [5.41, 5.74) is 0.550. The first kappa shape index (κ1) is 13.1. The number of piperidine rings is 1. The molecule has 18 heavy (non-hydrogen) atoms. The van der Waals surface area contributed by atoms with Crippen molar-refractivity contribution >= 4 is 0 Å². The van der Waals surface area contributed by atoms with Crippen molar-refractivity contribution < 1.29 is 17.9 Å². The summed E-state index contributed by atoms with van der Waals surface area (Å²) in [5.74, 6) is -0.742. The van der Waals surface area contributed by atoms with Crippen molar-refractivity contribution in [1.29, 1.82) is 0 Å². The highest BCUT2D eigenvalue weighted by molar-refractivity contribution is 5.29. The predicted molar refractivity (Wildman–Crippen MR) is 60.3 cm³/mol. The van der Waals surface area contributed by atoms with Crippen molar-refractivity contribution in [3.8, 4) is 5.75 Å². The second kappa shape index (κ2) is 5.14. The Morgan fingerprint density at radius 2 is 2.22 bits per heavy atom. The predicted octanol–water partition coefficient (Wildman–Crippen LogP) is 2.69. The molecule has 0 aliphatic carbocycles. The highest BCUT2D eigenvalue weighted by Crippen LogP contribution is 2.39. The Kier molecular flexibility index (Phi) is 3.75. The highest BCUT2D eigenvalue weighted by atomic mass is 19.4. The molecule has 1 aromatic heterocycles. The molecule has 1 aromatic rings. The van der Waals surface area contributed by atoms with Crippen molar-refractivity contribution in [3.63, 3.8) is 0 Å². The number of nitrogens with zero attached hydrogens (tertiary/aromatic N) is 1. The largest absolute Gasteiger partial charge is 0.495 e. The number of rotatable bonds is 2. The fraction of sp³-hybridized carbons (Fsp3) is 0.583. The molecule has 2 unspecified atom stereocenters. The molecule has 1 fully saturated rings. The summed E-state index contributed by atoms with van der Waals surface area (Å²) in [5, 5.41) is 3.07. The number of nitrogens with one attached hydrogen (secondary N) is 1. The lowest BCUT2D eigenvalue weighted by Crippen LogP contribution is -2.38. The Bertz CT molecular complexity index is 409. The molecule has 0 bridgehead atoms. The maximum Gasteiger partial charge on any atom is 0.391 e. The summed E-state index contributed by atoms with van der Waals surface area (Å²) < 4.78 is 43.3. The molecule has 0 radical (unpaired) electrons. The standard InChI is InChI=1S/C12H15F3N2O/c1-18-10-3-2-5-17-11(10)9-7-8(4-6-16-9)12(13,14)15/h2-3,5,8-9,16H,4,6-7H2,1H3. The van der Waals surface area contributed by atoms with Gasteiger partial charge in [-0.05, 0) is 31.5 Å². The molecule has 0 saturated carbocycles.